The number of hydrogen-bond donors (Lipinski definition) is 1. The van der Waals surface area contributed by atoms with Gasteiger partial charge in [-0.1, -0.05) is 0 Å². The zero-order chi connectivity index (χ0) is 13.5. The number of anilines is 2. The average molecular weight is 271 g/mol. The van der Waals surface area contributed by atoms with E-state index < -0.39 is 0 Å². The number of nitrogens with two attached hydrogens (primary N) is 1. The van der Waals surface area contributed by atoms with Gasteiger partial charge in [-0.2, -0.15) is 0 Å². The molecule has 3 heterocycles. The van der Waals surface area contributed by atoms with Crippen molar-refractivity contribution < 1.29 is 0 Å². The van der Waals surface area contributed by atoms with E-state index >= 15 is 0 Å². The normalized spacial score (nSPS) is 33.0. The molecular weight excluding hydrogens is 246 g/mol. The van der Waals surface area contributed by atoms with Crippen molar-refractivity contribution in [2.45, 2.75) is 56.7 Å². The molecule has 3 fully saturated rings. The van der Waals surface area contributed by atoms with Crippen molar-refractivity contribution in [3.05, 3.63) is 24.3 Å². The van der Waals surface area contributed by atoms with Gasteiger partial charge in [0.05, 0.1) is 0 Å². The quantitative estimate of drug-likeness (QED) is 0.897. The van der Waals surface area contributed by atoms with Crippen molar-refractivity contribution in [1.82, 2.24) is 0 Å². The molecule has 0 radical (unpaired) electrons. The van der Waals surface area contributed by atoms with Crippen LogP contribution in [0.15, 0.2) is 24.3 Å². The first-order valence-corrected chi connectivity index (χ1v) is 8.20. The lowest BCUT2D eigenvalue weighted by Gasteiger charge is -2.39. The second-order valence-corrected chi connectivity index (χ2v) is 6.73. The lowest BCUT2D eigenvalue weighted by Crippen LogP contribution is -2.47. The largest absolute Gasteiger partial charge is 0.372 e. The molecule has 4 rings (SSSR count). The molecule has 0 saturated carbocycles. The third-order valence-electron chi connectivity index (χ3n) is 5.39. The number of benzene rings is 1. The van der Waals surface area contributed by atoms with Crippen molar-refractivity contribution in [3.63, 3.8) is 0 Å². The predicted molar refractivity (Wildman–Crippen MR) is 84.4 cm³/mol. The third-order valence-corrected chi connectivity index (χ3v) is 5.39. The Kier molecular flexibility index (Phi) is 3.10. The molecule has 108 valence electrons. The van der Waals surface area contributed by atoms with Crippen LogP contribution in [0.2, 0.25) is 0 Å². The van der Waals surface area contributed by atoms with Crippen LogP contribution in [-0.4, -0.2) is 31.2 Å². The Hall–Kier alpha value is -1.22. The van der Waals surface area contributed by atoms with Gasteiger partial charge in [-0.05, 0) is 62.8 Å². The Bertz CT molecular complexity index is 450. The van der Waals surface area contributed by atoms with E-state index in [0.717, 1.165) is 0 Å². The summed E-state index contributed by atoms with van der Waals surface area (Å²) in [4.78, 5) is 5.15. The van der Waals surface area contributed by atoms with Crippen LogP contribution >= 0.6 is 0 Å². The molecule has 3 aliphatic heterocycles. The summed E-state index contributed by atoms with van der Waals surface area (Å²) >= 11 is 0. The van der Waals surface area contributed by atoms with Crippen molar-refractivity contribution in [2.75, 3.05) is 22.9 Å². The molecule has 2 atom stereocenters. The third kappa shape index (κ3) is 2.08. The summed E-state index contributed by atoms with van der Waals surface area (Å²) in [6.45, 7) is 2.45. The van der Waals surface area contributed by atoms with Gasteiger partial charge in [-0.3, -0.25) is 0 Å². The van der Waals surface area contributed by atoms with Crippen molar-refractivity contribution in [1.29, 1.82) is 0 Å². The Labute approximate surface area is 121 Å². The number of fused-ring (bicyclic) bond motifs is 2. The molecule has 2 unspecified atom stereocenters. The number of nitrogens with zero attached hydrogens (tertiary/aromatic N) is 2. The molecule has 1 aromatic carbocycles. The van der Waals surface area contributed by atoms with E-state index in [-0.39, 0.29) is 0 Å². The summed E-state index contributed by atoms with van der Waals surface area (Å²) in [7, 11) is 0. The second-order valence-electron chi connectivity index (χ2n) is 6.73. The smallest absolute Gasteiger partial charge is 0.0372 e. The molecule has 0 aliphatic carbocycles. The molecule has 2 N–H and O–H groups in total. The van der Waals surface area contributed by atoms with Gasteiger partial charge in [0.25, 0.3) is 0 Å². The molecule has 0 aromatic heterocycles. The Morgan fingerprint density at radius 3 is 2.00 bits per heavy atom. The zero-order valence-electron chi connectivity index (χ0n) is 12.2. The van der Waals surface area contributed by atoms with E-state index in [1.165, 1.54) is 63.0 Å². The van der Waals surface area contributed by atoms with Crippen molar-refractivity contribution in [2.24, 2.45) is 5.73 Å². The number of piperidine rings is 1. The van der Waals surface area contributed by atoms with E-state index in [2.05, 4.69) is 34.1 Å². The lowest BCUT2D eigenvalue weighted by molar-refractivity contribution is 0.414. The van der Waals surface area contributed by atoms with Gasteiger partial charge in [-0.25, -0.2) is 0 Å². The number of hydrogen-bond acceptors (Lipinski definition) is 3. The average Bonchev–Trinajstić information content (AvgIpc) is 3.07. The highest BCUT2D eigenvalue weighted by Gasteiger charge is 2.39. The van der Waals surface area contributed by atoms with Crippen LogP contribution in [0.5, 0.6) is 0 Å². The summed E-state index contributed by atoms with van der Waals surface area (Å²) in [5.41, 5.74) is 8.97. The predicted octanol–water partition coefficient (Wildman–Crippen LogP) is 2.75. The highest BCUT2D eigenvalue weighted by atomic mass is 15.2. The first-order valence-electron chi connectivity index (χ1n) is 8.20. The SMILES string of the molecule is NC1CC2CCC(C1)N2c1ccc(N2CCCC2)cc1. The van der Waals surface area contributed by atoms with Crippen LogP contribution in [-0.2, 0) is 0 Å². The molecule has 3 nitrogen and oxygen atoms in total. The van der Waals surface area contributed by atoms with Gasteiger partial charge in [0.1, 0.15) is 0 Å². The van der Waals surface area contributed by atoms with E-state index in [1.54, 1.807) is 0 Å². The number of rotatable bonds is 2. The van der Waals surface area contributed by atoms with Crippen LogP contribution < -0.4 is 15.5 Å². The molecule has 3 aliphatic rings. The molecule has 3 saturated heterocycles. The maximum Gasteiger partial charge on any atom is 0.0372 e. The van der Waals surface area contributed by atoms with E-state index in [4.69, 9.17) is 5.73 Å². The fourth-order valence-electron chi connectivity index (χ4n) is 4.45. The van der Waals surface area contributed by atoms with Gasteiger partial charge < -0.3 is 15.5 Å². The van der Waals surface area contributed by atoms with Crippen LogP contribution in [0, 0.1) is 0 Å². The van der Waals surface area contributed by atoms with Gasteiger partial charge >= 0.3 is 0 Å². The highest BCUT2D eigenvalue weighted by Crippen LogP contribution is 2.39. The Morgan fingerprint density at radius 1 is 0.850 bits per heavy atom. The zero-order valence-corrected chi connectivity index (χ0v) is 12.2. The molecule has 3 heteroatoms. The van der Waals surface area contributed by atoms with Gasteiger partial charge in [0.2, 0.25) is 0 Å². The fraction of sp³-hybridized carbons (Fsp3) is 0.647. The molecule has 1 aromatic rings. The first kappa shape index (κ1) is 12.5. The summed E-state index contributed by atoms with van der Waals surface area (Å²) in [5, 5.41) is 0. The first-order chi connectivity index (χ1) is 9.81. The van der Waals surface area contributed by atoms with Crippen LogP contribution in [0.4, 0.5) is 11.4 Å². The molecule has 20 heavy (non-hydrogen) atoms. The monoisotopic (exact) mass is 271 g/mol. The van der Waals surface area contributed by atoms with Crippen molar-refractivity contribution >= 4 is 11.4 Å². The minimum absolute atomic E-state index is 0.424. The minimum Gasteiger partial charge on any atom is -0.372 e. The maximum atomic E-state index is 6.17. The van der Waals surface area contributed by atoms with Gasteiger partial charge in [0.15, 0.2) is 0 Å². The van der Waals surface area contributed by atoms with Crippen LogP contribution in [0.1, 0.15) is 38.5 Å². The maximum absolute atomic E-state index is 6.17. The van der Waals surface area contributed by atoms with E-state index in [1.807, 2.05) is 0 Å². The molecule has 2 bridgehead atoms. The van der Waals surface area contributed by atoms with E-state index in [0.29, 0.717) is 18.1 Å². The highest BCUT2D eigenvalue weighted by molar-refractivity contribution is 5.58. The topological polar surface area (TPSA) is 32.5 Å². The van der Waals surface area contributed by atoms with Gasteiger partial charge in [0, 0.05) is 42.6 Å². The standard InChI is InChI=1S/C17H25N3/c18-13-11-16-7-8-17(12-13)20(16)15-5-3-14(4-6-15)19-9-1-2-10-19/h3-6,13,16-17H,1-2,7-12,18H2. The van der Waals surface area contributed by atoms with Crippen LogP contribution in [0.3, 0.4) is 0 Å². The molecule has 0 amide bonds. The summed E-state index contributed by atoms with van der Waals surface area (Å²) in [6, 6.07) is 11.1. The summed E-state index contributed by atoms with van der Waals surface area (Å²) in [5.74, 6) is 0. The van der Waals surface area contributed by atoms with Crippen LogP contribution in [0.25, 0.3) is 0 Å². The minimum atomic E-state index is 0.424. The lowest BCUT2D eigenvalue weighted by atomic mass is 9.97. The molecule has 0 spiro atoms. The Morgan fingerprint density at radius 2 is 1.40 bits per heavy atom. The molecular formula is C17H25N3. The van der Waals surface area contributed by atoms with E-state index in [9.17, 15) is 0 Å². The van der Waals surface area contributed by atoms with Crippen molar-refractivity contribution in [3.8, 4) is 0 Å². The Balaban J connectivity index is 1.54. The summed E-state index contributed by atoms with van der Waals surface area (Å²) < 4.78 is 0. The summed E-state index contributed by atoms with van der Waals surface area (Å²) in [6.07, 6.45) is 7.68. The van der Waals surface area contributed by atoms with Gasteiger partial charge in [-0.15, -0.1) is 0 Å². The fourth-order valence-corrected chi connectivity index (χ4v) is 4.45. The second kappa shape index (κ2) is 4.96.